The predicted molar refractivity (Wildman–Crippen MR) is 91.8 cm³/mol. The van der Waals surface area contributed by atoms with E-state index in [9.17, 15) is 14.4 Å². The summed E-state index contributed by atoms with van der Waals surface area (Å²) in [7, 11) is 1.32. The molecule has 2 rings (SSSR count). The number of hydrogen-bond donors (Lipinski definition) is 1. The zero-order chi connectivity index (χ0) is 18.2. The molecule has 7 nitrogen and oxygen atoms in total. The number of hydrogen-bond acceptors (Lipinski definition) is 5. The summed E-state index contributed by atoms with van der Waals surface area (Å²) in [5.41, 5.74) is 1.20. The Balaban J connectivity index is 1.87. The highest BCUT2D eigenvalue weighted by molar-refractivity contribution is 5.95. The van der Waals surface area contributed by atoms with Gasteiger partial charge in [0.05, 0.1) is 25.9 Å². The van der Waals surface area contributed by atoms with Crippen LogP contribution in [-0.4, -0.2) is 62.1 Å². The Morgan fingerprint density at radius 3 is 2.44 bits per heavy atom. The molecule has 7 heteroatoms. The van der Waals surface area contributed by atoms with Gasteiger partial charge in [0.25, 0.3) is 0 Å². The van der Waals surface area contributed by atoms with Crippen molar-refractivity contribution in [1.82, 2.24) is 10.2 Å². The van der Waals surface area contributed by atoms with Gasteiger partial charge in [0.1, 0.15) is 6.04 Å². The Bertz CT molecular complexity index is 648. The van der Waals surface area contributed by atoms with E-state index < -0.39 is 12.0 Å². The first kappa shape index (κ1) is 18.7. The SMILES string of the molecule is COC(=O)c1ccc(/C=C/C(=O)NC(C)C(=O)N2CCOCC2)cc1. The van der Waals surface area contributed by atoms with E-state index in [1.165, 1.54) is 13.2 Å². The van der Waals surface area contributed by atoms with Crippen molar-refractivity contribution >= 4 is 23.9 Å². The molecular weight excluding hydrogens is 324 g/mol. The van der Waals surface area contributed by atoms with Crippen molar-refractivity contribution < 1.29 is 23.9 Å². The van der Waals surface area contributed by atoms with Gasteiger partial charge in [0.2, 0.25) is 11.8 Å². The van der Waals surface area contributed by atoms with E-state index in [0.717, 1.165) is 5.56 Å². The molecular formula is C18H22N2O5. The Hall–Kier alpha value is -2.67. The lowest BCUT2D eigenvalue weighted by Crippen LogP contribution is -2.50. The van der Waals surface area contributed by atoms with Crippen LogP contribution in [0.15, 0.2) is 30.3 Å². The summed E-state index contributed by atoms with van der Waals surface area (Å²) in [6.07, 6.45) is 2.97. The van der Waals surface area contributed by atoms with Gasteiger partial charge in [0, 0.05) is 19.2 Å². The number of ether oxygens (including phenoxy) is 2. The minimum absolute atomic E-state index is 0.118. The monoisotopic (exact) mass is 346 g/mol. The maximum atomic E-state index is 12.2. The maximum Gasteiger partial charge on any atom is 0.337 e. The van der Waals surface area contributed by atoms with Crippen molar-refractivity contribution in [3.63, 3.8) is 0 Å². The third-order valence-electron chi connectivity index (χ3n) is 3.81. The van der Waals surface area contributed by atoms with E-state index in [2.05, 4.69) is 10.1 Å². The molecule has 0 bridgehead atoms. The molecule has 1 aliphatic rings. The van der Waals surface area contributed by atoms with E-state index >= 15 is 0 Å². The van der Waals surface area contributed by atoms with Gasteiger partial charge in [-0.1, -0.05) is 12.1 Å². The van der Waals surface area contributed by atoms with Crippen LogP contribution in [0.2, 0.25) is 0 Å². The fourth-order valence-electron chi connectivity index (χ4n) is 2.40. The predicted octanol–water partition coefficient (Wildman–Crippen LogP) is 0.850. The largest absolute Gasteiger partial charge is 0.465 e. The van der Waals surface area contributed by atoms with Gasteiger partial charge in [-0.05, 0) is 30.7 Å². The lowest BCUT2D eigenvalue weighted by Gasteiger charge is -2.29. The van der Waals surface area contributed by atoms with E-state index in [0.29, 0.717) is 31.9 Å². The Morgan fingerprint density at radius 1 is 1.20 bits per heavy atom. The standard InChI is InChI=1S/C18H22N2O5/c1-13(17(22)20-9-11-25-12-10-20)19-16(21)8-5-14-3-6-15(7-4-14)18(23)24-2/h3-8,13H,9-12H2,1-2H3,(H,19,21)/b8-5+. The molecule has 1 heterocycles. The first-order valence-corrected chi connectivity index (χ1v) is 8.04. The zero-order valence-electron chi connectivity index (χ0n) is 14.4. The van der Waals surface area contributed by atoms with Crippen molar-refractivity contribution in [3.05, 3.63) is 41.5 Å². The van der Waals surface area contributed by atoms with Gasteiger partial charge >= 0.3 is 5.97 Å². The normalized spacial score (nSPS) is 15.7. The van der Waals surface area contributed by atoms with Crippen molar-refractivity contribution in [1.29, 1.82) is 0 Å². The quantitative estimate of drug-likeness (QED) is 0.631. The lowest BCUT2D eigenvalue weighted by atomic mass is 10.1. The minimum Gasteiger partial charge on any atom is -0.465 e. The van der Waals surface area contributed by atoms with Crippen LogP contribution in [0, 0.1) is 0 Å². The molecule has 1 aromatic rings. The molecule has 0 saturated carbocycles. The van der Waals surface area contributed by atoms with E-state index in [-0.39, 0.29) is 11.8 Å². The van der Waals surface area contributed by atoms with Crippen LogP contribution in [0.1, 0.15) is 22.8 Å². The van der Waals surface area contributed by atoms with Crippen LogP contribution in [0.25, 0.3) is 6.08 Å². The topological polar surface area (TPSA) is 84.9 Å². The van der Waals surface area contributed by atoms with Gasteiger partial charge in [-0.15, -0.1) is 0 Å². The number of morpholine rings is 1. The van der Waals surface area contributed by atoms with Crippen molar-refractivity contribution in [3.8, 4) is 0 Å². The summed E-state index contributed by atoms with van der Waals surface area (Å²) in [6, 6.07) is 6.05. The third-order valence-corrected chi connectivity index (χ3v) is 3.81. The average Bonchev–Trinajstić information content (AvgIpc) is 2.66. The van der Waals surface area contributed by atoms with Crippen LogP contribution in [0.5, 0.6) is 0 Å². The smallest absolute Gasteiger partial charge is 0.337 e. The highest BCUT2D eigenvalue weighted by atomic mass is 16.5. The molecule has 0 spiro atoms. The second-order valence-corrected chi connectivity index (χ2v) is 5.61. The highest BCUT2D eigenvalue weighted by Gasteiger charge is 2.22. The summed E-state index contributed by atoms with van der Waals surface area (Å²) in [6.45, 7) is 3.79. The zero-order valence-corrected chi connectivity index (χ0v) is 14.4. The number of esters is 1. The molecule has 134 valence electrons. The van der Waals surface area contributed by atoms with Crippen molar-refractivity contribution in [2.24, 2.45) is 0 Å². The number of benzene rings is 1. The third kappa shape index (κ3) is 5.42. The fourth-order valence-corrected chi connectivity index (χ4v) is 2.40. The number of carbonyl (C=O) groups is 3. The van der Waals surface area contributed by atoms with Crippen LogP contribution in [0.3, 0.4) is 0 Å². The maximum absolute atomic E-state index is 12.2. The first-order valence-electron chi connectivity index (χ1n) is 8.04. The number of carbonyl (C=O) groups excluding carboxylic acids is 3. The second-order valence-electron chi connectivity index (χ2n) is 5.61. The van der Waals surface area contributed by atoms with Crippen molar-refractivity contribution in [2.45, 2.75) is 13.0 Å². The van der Waals surface area contributed by atoms with Gasteiger partial charge in [-0.25, -0.2) is 4.79 Å². The summed E-state index contributed by atoms with van der Waals surface area (Å²) in [5.74, 6) is -0.887. The number of methoxy groups -OCH3 is 1. The minimum atomic E-state index is -0.600. The molecule has 1 aliphatic heterocycles. The highest BCUT2D eigenvalue weighted by Crippen LogP contribution is 2.07. The molecule has 0 radical (unpaired) electrons. The number of amides is 2. The van der Waals surface area contributed by atoms with E-state index in [1.807, 2.05) is 0 Å². The molecule has 0 aromatic heterocycles. The molecule has 1 saturated heterocycles. The lowest BCUT2D eigenvalue weighted by molar-refractivity contribution is -0.138. The molecule has 1 N–H and O–H groups in total. The molecule has 1 aromatic carbocycles. The molecule has 2 amide bonds. The van der Waals surface area contributed by atoms with Crippen LogP contribution >= 0.6 is 0 Å². The molecule has 0 aliphatic carbocycles. The Kier molecular flexibility index (Phi) is 6.71. The first-order chi connectivity index (χ1) is 12.0. The molecule has 1 fully saturated rings. The van der Waals surface area contributed by atoms with Crippen LogP contribution in [-0.2, 0) is 19.1 Å². The van der Waals surface area contributed by atoms with Gasteiger partial charge in [-0.3, -0.25) is 9.59 Å². The molecule has 25 heavy (non-hydrogen) atoms. The average molecular weight is 346 g/mol. The Morgan fingerprint density at radius 2 is 1.84 bits per heavy atom. The fraction of sp³-hybridized carbons (Fsp3) is 0.389. The molecule has 1 unspecified atom stereocenters. The summed E-state index contributed by atoms with van der Waals surface area (Å²) in [4.78, 5) is 37.2. The van der Waals surface area contributed by atoms with Gasteiger partial charge < -0.3 is 19.7 Å². The van der Waals surface area contributed by atoms with Crippen molar-refractivity contribution in [2.75, 3.05) is 33.4 Å². The number of nitrogens with zero attached hydrogens (tertiary/aromatic N) is 1. The van der Waals surface area contributed by atoms with E-state index in [1.54, 1.807) is 42.2 Å². The summed E-state index contributed by atoms with van der Waals surface area (Å²) < 4.78 is 9.83. The van der Waals surface area contributed by atoms with E-state index in [4.69, 9.17) is 4.74 Å². The number of rotatable bonds is 5. The number of nitrogens with one attached hydrogen (secondary N) is 1. The van der Waals surface area contributed by atoms with Crippen LogP contribution in [0.4, 0.5) is 0 Å². The molecule has 1 atom stereocenters. The van der Waals surface area contributed by atoms with Crippen LogP contribution < -0.4 is 5.32 Å². The van der Waals surface area contributed by atoms with Gasteiger partial charge in [-0.2, -0.15) is 0 Å². The van der Waals surface area contributed by atoms with Gasteiger partial charge in [0.15, 0.2) is 0 Å². The second kappa shape index (κ2) is 8.98. The summed E-state index contributed by atoms with van der Waals surface area (Å²) in [5, 5.41) is 2.65. The summed E-state index contributed by atoms with van der Waals surface area (Å²) >= 11 is 0. The Labute approximate surface area is 146 Å².